The molecule has 1 aromatic carbocycles. The Bertz CT molecular complexity index is 541. The number of carbonyl (C=O) groups is 3. The Balaban J connectivity index is 2.20. The van der Waals surface area contributed by atoms with Crippen molar-refractivity contribution in [3.63, 3.8) is 0 Å². The number of primary amides is 1. The van der Waals surface area contributed by atoms with Crippen molar-refractivity contribution in [2.75, 3.05) is 0 Å². The van der Waals surface area contributed by atoms with Gasteiger partial charge in [-0.1, -0.05) is 12.1 Å². The van der Waals surface area contributed by atoms with Gasteiger partial charge in [-0.3, -0.25) is 9.59 Å². The quantitative estimate of drug-likeness (QED) is 0.818. The summed E-state index contributed by atoms with van der Waals surface area (Å²) in [4.78, 5) is 35.1. The summed E-state index contributed by atoms with van der Waals surface area (Å²) in [5, 5.41) is 9.05. The number of likely N-dealkylation sites (tertiary alicyclic amines) is 1. The molecule has 1 aliphatic heterocycles. The molecule has 3 N–H and O–H groups in total. The number of benzene rings is 1. The summed E-state index contributed by atoms with van der Waals surface area (Å²) in [6.07, 6.45) is 0.566. The zero-order chi connectivity index (χ0) is 14.0. The number of carbonyl (C=O) groups excluding carboxylic acids is 2. The van der Waals surface area contributed by atoms with Gasteiger partial charge in [0.15, 0.2) is 0 Å². The van der Waals surface area contributed by atoms with Gasteiger partial charge in [0, 0.05) is 18.5 Å². The molecule has 0 radical (unpaired) electrons. The number of nitrogens with zero attached hydrogens (tertiary/aromatic N) is 1. The lowest BCUT2D eigenvalue weighted by Gasteiger charge is -2.21. The molecule has 100 valence electrons. The molecule has 2 rings (SSSR count). The van der Waals surface area contributed by atoms with Crippen LogP contribution in [0.4, 0.5) is 0 Å². The van der Waals surface area contributed by atoms with Crippen molar-refractivity contribution in [2.24, 2.45) is 5.73 Å². The summed E-state index contributed by atoms with van der Waals surface area (Å²) >= 11 is 0. The highest BCUT2D eigenvalue weighted by Crippen LogP contribution is 2.22. The Morgan fingerprint density at radius 1 is 1.42 bits per heavy atom. The van der Waals surface area contributed by atoms with Gasteiger partial charge in [-0.25, -0.2) is 4.79 Å². The molecule has 1 heterocycles. The lowest BCUT2D eigenvalue weighted by molar-refractivity contribution is -0.146. The van der Waals surface area contributed by atoms with Gasteiger partial charge in [0.1, 0.15) is 6.04 Å². The van der Waals surface area contributed by atoms with Crippen molar-refractivity contribution in [3.05, 3.63) is 35.4 Å². The van der Waals surface area contributed by atoms with Crippen LogP contribution in [0.25, 0.3) is 0 Å². The lowest BCUT2D eigenvalue weighted by Crippen LogP contribution is -2.37. The molecule has 0 aromatic heterocycles. The summed E-state index contributed by atoms with van der Waals surface area (Å²) in [7, 11) is 0. The van der Waals surface area contributed by atoms with Gasteiger partial charge in [0.05, 0.1) is 0 Å². The highest BCUT2D eigenvalue weighted by molar-refractivity contribution is 5.93. The Hall–Kier alpha value is -2.37. The predicted molar refractivity (Wildman–Crippen MR) is 66.2 cm³/mol. The van der Waals surface area contributed by atoms with E-state index < -0.39 is 17.9 Å². The molecule has 0 aliphatic carbocycles. The molecular weight excluding hydrogens is 248 g/mol. The highest BCUT2D eigenvalue weighted by atomic mass is 16.4. The zero-order valence-corrected chi connectivity index (χ0v) is 10.2. The van der Waals surface area contributed by atoms with Gasteiger partial charge in [0.2, 0.25) is 11.8 Å². The van der Waals surface area contributed by atoms with Crippen molar-refractivity contribution in [1.82, 2.24) is 4.90 Å². The third kappa shape index (κ3) is 2.73. The first-order valence-electron chi connectivity index (χ1n) is 5.90. The maximum atomic E-state index is 11.7. The molecule has 0 saturated carbocycles. The standard InChI is InChI=1S/C13H14N2O4/c14-12(17)9-3-1-2-8(6-9)7-15-10(13(18)19)4-5-11(15)16/h1-3,6,10H,4-5,7H2,(H2,14,17)(H,18,19). The fourth-order valence-electron chi connectivity index (χ4n) is 2.21. The second kappa shape index (κ2) is 5.09. The van der Waals surface area contributed by atoms with Crippen LogP contribution >= 0.6 is 0 Å². The first-order chi connectivity index (χ1) is 8.99. The van der Waals surface area contributed by atoms with Gasteiger partial charge in [-0.15, -0.1) is 0 Å². The Morgan fingerprint density at radius 3 is 2.79 bits per heavy atom. The van der Waals surface area contributed by atoms with E-state index in [0.717, 1.165) is 0 Å². The molecule has 2 amide bonds. The number of hydrogen-bond donors (Lipinski definition) is 2. The number of nitrogens with two attached hydrogens (primary N) is 1. The Kier molecular flexibility index (Phi) is 3.50. The largest absolute Gasteiger partial charge is 0.480 e. The van der Waals surface area contributed by atoms with Crippen LogP contribution < -0.4 is 5.73 Å². The van der Waals surface area contributed by atoms with Crippen LogP contribution in [0, 0.1) is 0 Å². The Labute approximate surface area is 109 Å². The number of carboxylic acids is 1. The molecular formula is C13H14N2O4. The van der Waals surface area contributed by atoms with Crippen LogP contribution in [0.1, 0.15) is 28.8 Å². The lowest BCUT2D eigenvalue weighted by atomic mass is 10.1. The number of aliphatic carboxylic acids is 1. The second-order valence-electron chi connectivity index (χ2n) is 4.48. The van der Waals surface area contributed by atoms with Crippen molar-refractivity contribution in [1.29, 1.82) is 0 Å². The van der Waals surface area contributed by atoms with Crippen LogP contribution in [-0.2, 0) is 16.1 Å². The predicted octanol–water partition coefficient (Wildman–Crippen LogP) is 0.361. The maximum Gasteiger partial charge on any atom is 0.326 e. The molecule has 0 spiro atoms. The molecule has 6 heteroatoms. The maximum absolute atomic E-state index is 11.7. The van der Waals surface area contributed by atoms with Crippen molar-refractivity contribution in [3.8, 4) is 0 Å². The third-order valence-corrected chi connectivity index (χ3v) is 3.18. The molecule has 0 bridgehead atoms. The molecule has 1 fully saturated rings. The van der Waals surface area contributed by atoms with E-state index in [-0.39, 0.29) is 18.9 Å². The minimum absolute atomic E-state index is 0.178. The van der Waals surface area contributed by atoms with Crippen LogP contribution in [0.15, 0.2) is 24.3 Å². The minimum atomic E-state index is -1.00. The van der Waals surface area contributed by atoms with E-state index >= 15 is 0 Å². The summed E-state index contributed by atoms with van der Waals surface area (Å²) in [5.41, 5.74) is 6.22. The van der Waals surface area contributed by atoms with Crippen LogP contribution in [-0.4, -0.2) is 33.8 Å². The summed E-state index contributed by atoms with van der Waals surface area (Å²) in [5.74, 6) is -1.74. The van der Waals surface area contributed by atoms with E-state index in [1.165, 1.54) is 4.90 Å². The average Bonchev–Trinajstić information content (AvgIpc) is 2.71. The molecule has 1 aliphatic rings. The monoisotopic (exact) mass is 262 g/mol. The highest BCUT2D eigenvalue weighted by Gasteiger charge is 2.35. The van der Waals surface area contributed by atoms with E-state index in [9.17, 15) is 14.4 Å². The fraction of sp³-hybridized carbons (Fsp3) is 0.308. The molecule has 19 heavy (non-hydrogen) atoms. The van der Waals surface area contributed by atoms with Crippen LogP contribution in [0.2, 0.25) is 0 Å². The van der Waals surface area contributed by atoms with E-state index in [4.69, 9.17) is 10.8 Å². The third-order valence-electron chi connectivity index (χ3n) is 3.18. The van der Waals surface area contributed by atoms with Crippen LogP contribution in [0.5, 0.6) is 0 Å². The fourth-order valence-corrected chi connectivity index (χ4v) is 2.21. The van der Waals surface area contributed by atoms with Gasteiger partial charge in [-0.2, -0.15) is 0 Å². The van der Waals surface area contributed by atoms with Crippen LogP contribution in [0.3, 0.4) is 0 Å². The summed E-state index contributed by atoms with van der Waals surface area (Å²) < 4.78 is 0. The number of hydrogen-bond acceptors (Lipinski definition) is 3. The van der Waals surface area contributed by atoms with E-state index in [1.807, 2.05) is 0 Å². The SMILES string of the molecule is NC(=O)c1cccc(CN2C(=O)CCC2C(=O)O)c1. The summed E-state index contributed by atoms with van der Waals surface area (Å²) in [6, 6.07) is 5.76. The normalized spacial score (nSPS) is 18.6. The van der Waals surface area contributed by atoms with Crippen molar-refractivity contribution >= 4 is 17.8 Å². The molecule has 1 saturated heterocycles. The Morgan fingerprint density at radius 2 is 2.16 bits per heavy atom. The van der Waals surface area contributed by atoms with Gasteiger partial charge in [0.25, 0.3) is 0 Å². The van der Waals surface area contributed by atoms with Gasteiger partial charge < -0.3 is 15.7 Å². The van der Waals surface area contributed by atoms with E-state index in [0.29, 0.717) is 17.5 Å². The second-order valence-corrected chi connectivity index (χ2v) is 4.48. The topological polar surface area (TPSA) is 101 Å². The van der Waals surface area contributed by atoms with E-state index in [2.05, 4.69) is 0 Å². The molecule has 1 aromatic rings. The number of amides is 2. The molecule has 1 atom stereocenters. The minimum Gasteiger partial charge on any atom is -0.480 e. The number of carboxylic acid groups (broad SMARTS) is 1. The van der Waals surface area contributed by atoms with Gasteiger partial charge >= 0.3 is 5.97 Å². The first-order valence-corrected chi connectivity index (χ1v) is 5.90. The van der Waals surface area contributed by atoms with Gasteiger partial charge in [-0.05, 0) is 24.1 Å². The zero-order valence-electron chi connectivity index (χ0n) is 10.2. The smallest absolute Gasteiger partial charge is 0.326 e. The van der Waals surface area contributed by atoms with E-state index in [1.54, 1.807) is 24.3 Å². The van der Waals surface area contributed by atoms with Crippen molar-refractivity contribution < 1.29 is 19.5 Å². The average molecular weight is 262 g/mol. The first kappa shape index (κ1) is 13.1. The molecule has 6 nitrogen and oxygen atoms in total. The number of rotatable bonds is 4. The summed E-state index contributed by atoms with van der Waals surface area (Å²) in [6.45, 7) is 0.178. The molecule has 1 unspecified atom stereocenters. The van der Waals surface area contributed by atoms with Crippen molar-refractivity contribution in [2.45, 2.75) is 25.4 Å².